The number of nitrogens with one attached hydrogen (secondary N) is 2. The third kappa shape index (κ3) is 5.17. The third-order valence-electron chi connectivity index (χ3n) is 2.59. The average Bonchev–Trinajstić information content (AvgIpc) is 2.45. The van der Waals surface area contributed by atoms with Crippen LogP contribution in [-0.4, -0.2) is 25.7 Å². The summed E-state index contributed by atoms with van der Waals surface area (Å²) in [5.74, 6) is 5.85. The zero-order valence-corrected chi connectivity index (χ0v) is 13.2. The Labute approximate surface area is 129 Å². The van der Waals surface area contributed by atoms with Gasteiger partial charge < -0.3 is 10.1 Å². The number of hydrogen-bond acceptors (Lipinski definition) is 3. The molecule has 0 radical (unpaired) electrons. The van der Waals surface area contributed by atoms with Crippen LogP contribution in [0.3, 0.4) is 0 Å². The Morgan fingerprint density at radius 3 is 2.80 bits per heavy atom. The summed E-state index contributed by atoms with van der Waals surface area (Å²) in [6.07, 6.45) is 0.815. The minimum atomic E-state index is 0.413. The lowest BCUT2D eigenvalue weighted by atomic mass is 10.2. The summed E-state index contributed by atoms with van der Waals surface area (Å²) in [7, 11) is 0. The highest BCUT2D eigenvalue weighted by molar-refractivity contribution is 6.40. The van der Waals surface area contributed by atoms with Crippen LogP contribution in [0.15, 0.2) is 17.1 Å². The molecule has 1 aromatic rings. The van der Waals surface area contributed by atoms with Crippen LogP contribution in [-0.2, 0) is 4.74 Å². The highest BCUT2D eigenvalue weighted by Crippen LogP contribution is 2.32. The van der Waals surface area contributed by atoms with E-state index in [9.17, 15) is 0 Å². The second-order valence-electron chi connectivity index (χ2n) is 4.10. The molecule has 0 spiro atoms. The Balaban J connectivity index is 2.69. The number of hydrazine groups is 1. The van der Waals surface area contributed by atoms with Crippen LogP contribution in [0.1, 0.15) is 18.9 Å². The van der Waals surface area contributed by atoms with Gasteiger partial charge in [0.15, 0.2) is 0 Å². The van der Waals surface area contributed by atoms with E-state index in [4.69, 9.17) is 33.8 Å². The number of hydrogen-bond donors (Lipinski definition) is 3. The van der Waals surface area contributed by atoms with E-state index in [1.54, 1.807) is 6.07 Å². The summed E-state index contributed by atoms with van der Waals surface area (Å²) in [5.41, 5.74) is 4.01. The Morgan fingerprint density at radius 1 is 1.40 bits per heavy atom. The topological polar surface area (TPSA) is 71.7 Å². The average molecular weight is 319 g/mol. The third-order valence-corrected chi connectivity index (χ3v) is 3.39. The number of anilines is 1. The Bertz CT molecular complexity index is 466. The molecule has 5 nitrogen and oxygen atoms in total. The van der Waals surface area contributed by atoms with Crippen LogP contribution < -0.4 is 16.6 Å². The smallest absolute Gasteiger partial charge is 0.210 e. The monoisotopic (exact) mass is 318 g/mol. The molecule has 4 N–H and O–H groups in total. The van der Waals surface area contributed by atoms with E-state index >= 15 is 0 Å². The number of rotatable bonds is 6. The number of aliphatic imine (C=N–C) groups is 1. The van der Waals surface area contributed by atoms with Crippen LogP contribution in [0, 0.1) is 6.92 Å². The summed E-state index contributed by atoms with van der Waals surface area (Å²) < 4.78 is 5.24. The lowest BCUT2D eigenvalue weighted by Gasteiger charge is -2.13. The van der Waals surface area contributed by atoms with E-state index in [1.165, 1.54) is 0 Å². The largest absolute Gasteiger partial charge is 0.382 e. The highest BCUT2D eigenvalue weighted by atomic mass is 35.5. The van der Waals surface area contributed by atoms with Crippen molar-refractivity contribution in [2.24, 2.45) is 10.8 Å². The molecule has 0 amide bonds. The van der Waals surface area contributed by atoms with Gasteiger partial charge in [-0.05, 0) is 31.9 Å². The summed E-state index contributed by atoms with van der Waals surface area (Å²) in [4.78, 5) is 4.29. The van der Waals surface area contributed by atoms with Gasteiger partial charge in [-0.3, -0.25) is 10.4 Å². The number of guanidine groups is 1. The first-order valence-electron chi connectivity index (χ1n) is 6.40. The van der Waals surface area contributed by atoms with Crippen molar-refractivity contribution in [3.05, 3.63) is 27.7 Å². The number of halogens is 2. The normalized spacial score (nSPS) is 11.6. The fourth-order valence-electron chi connectivity index (χ4n) is 1.51. The summed E-state index contributed by atoms with van der Waals surface area (Å²) >= 11 is 12.3. The molecule has 0 fully saturated rings. The lowest BCUT2D eigenvalue weighted by molar-refractivity contribution is 0.146. The van der Waals surface area contributed by atoms with Gasteiger partial charge in [-0.25, -0.2) is 5.84 Å². The molecule has 0 aromatic heterocycles. The van der Waals surface area contributed by atoms with Crippen molar-refractivity contribution in [1.29, 1.82) is 0 Å². The van der Waals surface area contributed by atoms with Gasteiger partial charge in [0.2, 0.25) is 5.96 Å². The minimum absolute atomic E-state index is 0.413. The van der Waals surface area contributed by atoms with Crippen LogP contribution >= 0.6 is 23.2 Å². The zero-order valence-electron chi connectivity index (χ0n) is 11.7. The maximum atomic E-state index is 6.21. The maximum Gasteiger partial charge on any atom is 0.210 e. The van der Waals surface area contributed by atoms with Gasteiger partial charge in [0.1, 0.15) is 0 Å². The molecule has 0 aliphatic rings. The standard InChI is InChI=1S/C13H20Cl2N4O/c1-3-20-8-4-7-17-13(19-16)18-12-10(14)6-5-9(2)11(12)15/h5-6H,3-4,7-8,16H2,1-2H3,(H2,17,18,19). The van der Waals surface area contributed by atoms with Crippen molar-refractivity contribution in [3.63, 3.8) is 0 Å². The fraction of sp³-hybridized carbons (Fsp3) is 0.462. The molecule has 7 heteroatoms. The number of aryl methyl sites for hydroxylation is 1. The predicted molar refractivity (Wildman–Crippen MR) is 85.6 cm³/mol. The molecule has 0 unspecified atom stereocenters. The Kier molecular flexibility index (Phi) is 7.69. The second-order valence-corrected chi connectivity index (χ2v) is 4.89. The van der Waals surface area contributed by atoms with Gasteiger partial charge >= 0.3 is 0 Å². The predicted octanol–water partition coefficient (Wildman–Crippen LogP) is 2.96. The molecule has 0 bridgehead atoms. The SMILES string of the molecule is CCOCCCN=C(NN)Nc1c(Cl)ccc(C)c1Cl. The molecule has 112 valence electrons. The second kappa shape index (κ2) is 9.02. The van der Waals surface area contributed by atoms with E-state index in [1.807, 2.05) is 19.9 Å². The fourth-order valence-corrected chi connectivity index (χ4v) is 1.98. The molecular formula is C13H20Cl2N4O. The quantitative estimate of drug-likeness (QED) is 0.248. The number of benzene rings is 1. The van der Waals surface area contributed by atoms with Crippen LogP contribution in [0.4, 0.5) is 5.69 Å². The first-order chi connectivity index (χ1) is 9.60. The van der Waals surface area contributed by atoms with Crippen molar-refractivity contribution >= 4 is 34.8 Å². The summed E-state index contributed by atoms with van der Waals surface area (Å²) in [5, 5.41) is 4.07. The van der Waals surface area contributed by atoms with Crippen molar-refractivity contribution in [2.75, 3.05) is 25.1 Å². The van der Waals surface area contributed by atoms with Gasteiger partial charge in [-0.1, -0.05) is 29.3 Å². The molecule has 20 heavy (non-hydrogen) atoms. The molecule has 0 atom stereocenters. The molecule has 0 saturated carbocycles. The van der Waals surface area contributed by atoms with E-state index < -0.39 is 0 Å². The van der Waals surface area contributed by atoms with E-state index in [-0.39, 0.29) is 0 Å². The van der Waals surface area contributed by atoms with Gasteiger partial charge in [-0.2, -0.15) is 0 Å². The highest BCUT2D eigenvalue weighted by Gasteiger charge is 2.10. The van der Waals surface area contributed by atoms with Gasteiger partial charge in [-0.15, -0.1) is 0 Å². The summed E-state index contributed by atoms with van der Waals surface area (Å²) in [6, 6.07) is 3.62. The molecule has 0 saturated heterocycles. The molecule has 0 aliphatic heterocycles. The zero-order chi connectivity index (χ0) is 15.0. The van der Waals surface area contributed by atoms with Crippen LogP contribution in [0.5, 0.6) is 0 Å². The molecule has 1 aromatic carbocycles. The van der Waals surface area contributed by atoms with Crippen molar-refractivity contribution in [3.8, 4) is 0 Å². The Hall–Kier alpha value is -1.01. The van der Waals surface area contributed by atoms with Crippen LogP contribution in [0.2, 0.25) is 10.0 Å². The molecular weight excluding hydrogens is 299 g/mol. The minimum Gasteiger partial charge on any atom is -0.382 e. The molecule has 0 heterocycles. The number of nitrogens with zero attached hydrogens (tertiary/aromatic N) is 1. The van der Waals surface area contributed by atoms with Crippen LogP contribution in [0.25, 0.3) is 0 Å². The lowest BCUT2D eigenvalue weighted by Crippen LogP contribution is -2.36. The summed E-state index contributed by atoms with van der Waals surface area (Å²) in [6.45, 7) is 5.83. The van der Waals surface area contributed by atoms with E-state index in [0.29, 0.717) is 41.5 Å². The molecule has 0 aliphatic carbocycles. The Morgan fingerprint density at radius 2 is 2.15 bits per heavy atom. The first-order valence-corrected chi connectivity index (χ1v) is 7.16. The number of ether oxygens (including phenoxy) is 1. The van der Waals surface area contributed by atoms with Crippen molar-refractivity contribution in [1.82, 2.24) is 5.43 Å². The number of nitrogens with two attached hydrogens (primary N) is 1. The maximum absolute atomic E-state index is 6.21. The van der Waals surface area contributed by atoms with E-state index in [0.717, 1.165) is 12.0 Å². The van der Waals surface area contributed by atoms with Crippen molar-refractivity contribution < 1.29 is 4.74 Å². The van der Waals surface area contributed by atoms with Gasteiger partial charge in [0.05, 0.1) is 15.7 Å². The van der Waals surface area contributed by atoms with E-state index in [2.05, 4.69) is 15.7 Å². The molecule has 1 rings (SSSR count). The van der Waals surface area contributed by atoms with Gasteiger partial charge in [0, 0.05) is 19.8 Å². The first kappa shape index (κ1) is 17.0. The van der Waals surface area contributed by atoms with Gasteiger partial charge in [0.25, 0.3) is 0 Å². The van der Waals surface area contributed by atoms with Crippen molar-refractivity contribution in [2.45, 2.75) is 20.3 Å².